The standard InChI is InChI=1S/C24H39NS2/c1-2-3-4-5-6-7-8-9-10-11-12-13-14-15-16-19-22-25-26-23-20-17-18-21-24(23)27-25/h9-10,17-18,20-21H,2-8,11-16,19,22H2,1H3/b10-9+. The Bertz CT molecular complexity index is 490. The van der Waals surface area contributed by atoms with Gasteiger partial charge in [0.1, 0.15) is 0 Å². The molecule has 1 aromatic rings. The van der Waals surface area contributed by atoms with Gasteiger partial charge < -0.3 is 0 Å². The molecular formula is C24H39NS2. The van der Waals surface area contributed by atoms with Gasteiger partial charge in [-0.05, 0) is 68.1 Å². The van der Waals surface area contributed by atoms with E-state index in [1.807, 2.05) is 23.9 Å². The smallest absolute Gasteiger partial charge is 0.0388 e. The number of hydrogen-bond acceptors (Lipinski definition) is 3. The van der Waals surface area contributed by atoms with Gasteiger partial charge in [0.05, 0.1) is 0 Å². The van der Waals surface area contributed by atoms with Gasteiger partial charge in [0, 0.05) is 16.3 Å². The molecule has 0 saturated carbocycles. The molecule has 0 saturated heterocycles. The Morgan fingerprint density at radius 2 is 1.15 bits per heavy atom. The maximum atomic E-state index is 2.44. The molecule has 1 heterocycles. The number of hydrogen-bond donors (Lipinski definition) is 0. The van der Waals surface area contributed by atoms with Gasteiger partial charge in [0.15, 0.2) is 0 Å². The Hall–Kier alpha value is -0.380. The molecule has 1 aliphatic heterocycles. The number of rotatable bonds is 16. The molecule has 27 heavy (non-hydrogen) atoms. The van der Waals surface area contributed by atoms with Crippen molar-refractivity contribution in [2.75, 3.05) is 6.54 Å². The minimum atomic E-state index is 1.20. The Kier molecular flexibility index (Phi) is 13.2. The summed E-state index contributed by atoms with van der Waals surface area (Å²) in [4.78, 5) is 2.85. The largest absolute Gasteiger partial charge is 0.186 e. The van der Waals surface area contributed by atoms with Gasteiger partial charge in [0.2, 0.25) is 0 Å². The van der Waals surface area contributed by atoms with Crippen LogP contribution < -0.4 is 0 Å². The molecule has 152 valence electrons. The summed E-state index contributed by atoms with van der Waals surface area (Å²) in [6.07, 6.45) is 24.2. The van der Waals surface area contributed by atoms with Crippen LogP contribution in [0.2, 0.25) is 0 Å². The molecule has 3 heteroatoms. The monoisotopic (exact) mass is 405 g/mol. The first kappa shape index (κ1) is 22.9. The van der Waals surface area contributed by atoms with Gasteiger partial charge in [-0.3, -0.25) is 0 Å². The van der Waals surface area contributed by atoms with E-state index in [1.165, 1.54) is 106 Å². The van der Waals surface area contributed by atoms with Crippen LogP contribution in [0.15, 0.2) is 46.2 Å². The zero-order chi connectivity index (χ0) is 19.0. The quantitative estimate of drug-likeness (QED) is 0.153. The van der Waals surface area contributed by atoms with Crippen molar-refractivity contribution in [3.05, 3.63) is 36.4 Å². The first-order valence-electron chi connectivity index (χ1n) is 11.3. The van der Waals surface area contributed by atoms with Crippen LogP contribution in [0.25, 0.3) is 0 Å². The van der Waals surface area contributed by atoms with Crippen molar-refractivity contribution in [3.8, 4) is 0 Å². The lowest BCUT2D eigenvalue weighted by atomic mass is 10.1. The second-order valence-electron chi connectivity index (χ2n) is 7.62. The molecule has 0 spiro atoms. The highest BCUT2D eigenvalue weighted by Crippen LogP contribution is 2.46. The third-order valence-corrected chi connectivity index (χ3v) is 7.56. The second kappa shape index (κ2) is 15.5. The molecule has 0 aromatic heterocycles. The molecule has 0 N–H and O–H groups in total. The molecule has 0 aliphatic carbocycles. The predicted molar refractivity (Wildman–Crippen MR) is 124 cm³/mol. The molecular weight excluding hydrogens is 366 g/mol. The van der Waals surface area contributed by atoms with Gasteiger partial charge in [-0.2, -0.15) is 3.71 Å². The minimum Gasteiger partial charge on any atom is -0.186 e. The molecule has 0 fully saturated rings. The first-order chi connectivity index (χ1) is 13.4. The summed E-state index contributed by atoms with van der Waals surface area (Å²) >= 11 is 3.82. The molecule has 1 aliphatic rings. The van der Waals surface area contributed by atoms with Crippen molar-refractivity contribution in [1.82, 2.24) is 3.71 Å². The summed E-state index contributed by atoms with van der Waals surface area (Å²) in [6, 6.07) is 8.74. The number of allylic oxidation sites excluding steroid dienone is 2. The SMILES string of the molecule is CCCCCCCC/C=C/CCCCCCCCN1Sc2ccccc2S1. The molecule has 0 amide bonds. The summed E-state index contributed by atoms with van der Waals surface area (Å²) in [6.45, 7) is 3.49. The van der Waals surface area contributed by atoms with Gasteiger partial charge >= 0.3 is 0 Å². The van der Waals surface area contributed by atoms with E-state index in [-0.39, 0.29) is 0 Å². The number of unbranched alkanes of at least 4 members (excludes halogenated alkanes) is 12. The Labute approximate surface area is 177 Å². The Balaban J connectivity index is 1.31. The van der Waals surface area contributed by atoms with E-state index in [0.29, 0.717) is 0 Å². The minimum absolute atomic E-state index is 1.20. The summed E-state index contributed by atoms with van der Waals surface area (Å²) in [5, 5.41) is 0. The van der Waals surface area contributed by atoms with E-state index in [2.05, 4.69) is 47.1 Å². The maximum Gasteiger partial charge on any atom is 0.0388 e. The van der Waals surface area contributed by atoms with Crippen molar-refractivity contribution >= 4 is 23.9 Å². The zero-order valence-electron chi connectivity index (χ0n) is 17.3. The van der Waals surface area contributed by atoms with Gasteiger partial charge in [0.25, 0.3) is 0 Å². The number of nitrogens with zero attached hydrogens (tertiary/aromatic N) is 1. The van der Waals surface area contributed by atoms with E-state index in [9.17, 15) is 0 Å². The fraction of sp³-hybridized carbons (Fsp3) is 0.667. The van der Waals surface area contributed by atoms with Crippen molar-refractivity contribution < 1.29 is 0 Å². The third kappa shape index (κ3) is 10.7. The zero-order valence-corrected chi connectivity index (χ0v) is 19.0. The van der Waals surface area contributed by atoms with Crippen molar-refractivity contribution in [2.45, 2.75) is 107 Å². The number of fused-ring (bicyclic) bond motifs is 1. The molecule has 0 unspecified atom stereocenters. The van der Waals surface area contributed by atoms with Gasteiger partial charge in [-0.25, -0.2) is 0 Å². The van der Waals surface area contributed by atoms with Crippen LogP contribution in [-0.2, 0) is 0 Å². The van der Waals surface area contributed by atoms with Crippen LogP contribution >= 0.6 is 23.9 Å². The molecule has 0 radical (unpaired) electrons. The van der Waals surface area contributed by atoms with Crippen LogP contribution in [0.5, 0.6) is 0 Å². The van der Waals surface area contributed by atoms with E-state index in [4.69, 9.17) is 0 Å². The summed E-state index contributed by atoms with van der Waals surface area (Å²) in [7, 11) is 0. The van der Waals surface area contributed by atoms with Crippen LogP contribution in [0.1, 0.15) is 96.8 Å². The highest BCUT2D eigenvalue weighted by molar-refractivity contribution is 8.14. The molecule has 0 atom stereocenters. The van der Waals surface area contributed by atoms with E-state index in [1.54, 1.807) is 0 Å². The van der Waals surface area contributed by atoms with E-state index < -0.39 is 0 Å². The van der Waals surface area contributed by atoms with Crippen molar-refractivity contribution in [2.24, 2.45) is 0 Å². The highest BCUT2D eigenvalue weighted by Gasteiger charge is 2.19. The predicted octanol–water partition coefficient (Wildman–Crippen LogP) is 9.05. The molecule has 1 nitrogen and oxygen atoms in total. The summed E-state index contributed by atoms with van der Waals surface area (Å²) in [5.74, 6) is 0. The lowest BCUT2D eigenvalue weighted by molar-refractivity contribution is 0.569. The fourth-order valence-corrected chi connectivity index (χ4v) is 5.75. The van der Waals surface area contributed by atoms with Crippen molar-refractivity contribution in [3.63, 3.8) is 0 Å². The van der Waals surface area contributed by atoms with Gasteiger partial charge in [-0.1, -0.05) is 89.0 Å². The fourth-order valence-electron chi connectivity index (χ4n) is 3.42. The average molecular weight is 406 g/mol. The molecule has 0 bridgehead atoms. The molecule has 1 aromatic carbocycles. The Morgan fingerprint density at radius 1 is 0.667 bits per heavy atom. The first-order valence-corrected chi connectivity index (χ1v) is 12.8. The topological polar surface area (TPSA) is 3.24 Å². The third-order valence-electron chi connectivity index (χ3n) is 5.10. The van der Waals surface area contributed by atoms with Crippen LogP contribution in [-0.4, -0.2) is 10.3 Å². The molecule has 2 rings (SSSR count). The van der Waals surface area contributed by atoms with E-state index in [0.717, 1.165) is 0 Å². The van der Waals surface area contributed by atoms with Crippen LogP contribution in [0.4, 0.5) is 0 Å². The Morgan fingerprint density at radius 3 is 1.70 bits per heavy atom. The summed E-state index contributed by atoms with van der Waals surface area (Å²) in [5.41, 5.74) is 0. The number of benzene rings is 1. The normalized spacial score (nSPS) is 14.3. The van der Waals surface area contributed by atoms with Crippen LogP contribution in [0, 0.1) is 0 Å². The summed E-state index contributed by atoms with van der Waals surface area (Å²) < 4.78 is 2.44. The lowest BCUT2D eigenvalue weighted by Crippen LogP contribution is -2.03. The average Bonchev–Trinajstić information content (AvgIpc) is 3.10. The van der Waals surface area contributed by atoms with Crippen molar-refractivity contribution in [1.29, 1.82) is 0 Å². The second-order valence-corrected chi connectivity index (χ2v) is 9.98. The van der Waals surface area contributed by atoms with Gasteiger partial charge in [-0.15, -0.1) is 0 Å². The van der Waals surface area contributed by atoms with E-state index >= 15 is 0 Å². The van der Waals surface area contributed by atoms with Crippen LogP contribution in [0.3, 0.4) is 0 Å². The highest BCUT2D eigenvalue weighted by atomic mass is 32.2. The lowest BCUT2D eigenvalue weighted by Gasteiger charge is -2.11. The maximum absolute atomic E-state index is 2.44.